The molecule has 1 saturated carbocycles. The molecule has 2 aromatic carbocycles. The van der Waals surface area contributed by atoms with E-state index in [1.54, 1.807) is 25.3 Å². The number of hydrogen-bond acceptors (Lipinski definition) is 11. The number of carbonyl (C=O) groups is 2. The van der Waals surface area contributed by atoms with Crippen LogP contribution in [-0.4, -0.2) is 97.1 Å². The van der Waals surface area contributed by atoms with Crippen molar-refractivity contribution in [2.75, 3.05) is 46.0 Å². The Hall–Kier alpha value is -4.14. The highest BCUT2D eigenvalue weighted by Crippen LogP contribution is 2.61. The van der Waals surface area contributed by atoms with E-state index in [4.69, 9.17) is 45.3 Å². The number of unbranched alkanes of at least 4 members (excludes halogenated alkanes) is 2. The molecule has 2 amide bonds. The van der Waals surface area contributed by atoms with E-state index in [1.807, 2.05) is 36.4 Å². The monoisotopic (exact) mass is 823 g/mol. The minimum atomic E-state index is -1.45. The van der Waals surface area contributed by atoms with Gasteiger partial charge in [0.2, 0.25) is 12.1 Å². The summed E-state index contributed by atoms with van der Waals surface area (Å²) >= 11 is 5.94. The van der Waals surface area contributed by atoms with Gasteiger partial charge in [-0.25, -0.2) is 9.59 Å². The highest BCUT2D eigenvalue weighted by atomic mass is 35.5. The number of nitrogens with zero attached hydrogens (tertiary/aromatic N) is 2. The largest absolute Gasteiger partial charge is 0.459 e. The third kappa shape index (κ3) is 10.2. The first-order valence-electron chi connectivity index (χ1n) is 20.6. The lowest BCUT2D eigenvalue weighted by Crippen LogP contribution is -2.69. The average Bonchev–Trinajstić information content (AvgIpc) is 3.25. The quantitative estimate of drug-likeness (QED) is 0.0563. The number of nitrogens with one attached hydrogen (secondary N) is 1. The molecule has 2 fully saturated rings. The van der Waals surface area contributed by atoms with Crippen molar-refractivity contribution in [3.05, 3.63) is 84.0 Å². The standard InChI is InChI=1S/C44H58ClN3O10/c1-3-23-55-44-38(48(2)43(52)54-25-20-45)28-36(47-58-39-17-9-12-24-53-39)34-26-31(15-7-10-21-49)33(16-8-11-22-50)40(41(34)44)35-27-32(18-19-37(35)57-44)56-42(51)46-29-30-13-5-4-6-14-30/h3-6,13-14,18-19,26-27,31,33,38-41,49-50H,1,7-12,15-17,20-25,28-29H2,2H3,(H,46,51)/t31-,33+,38-,39?,40+,41+,44+/m0/s1. The second-order valence-electron chi connectivity index (χ2n) is 15.3. The van der Waals surface area contributed by atoms with Crippen LogP contribution in [0, 0.1) is 17.8 Å². The Bertz CT molecular complexity index is 1740. The lowest BCUT2D eigenvalue weighted by atomic mass is 9.55. The molecular formula is C44H58ClN3O10. The summed E-state index contributed by atoms with van der Waals surface area (Å²) in [7, 11) is 1.66. The molecule has 2 aromatic rings. The van der Waals surface area contributed by atoms with Crippen molar-refractivity contribution >= 4 is 29.5 Å². The predicted molar refractivity (Wildman–Crippen MR) is 219 cm³/mol. The molecule has 7 atom stereocenters. The molecule has 0 aromatic heterocycles. The normalized spacial score (nSPS) is 26.6. The van der Waals surface area contributed by atoms with Crippen molar-refractivity contribution in [3.8, 4) is 11.5 Å². The number of allylic oxidation sites excluding steroid dienone is 1. The van der Waals surface area contributed by atoms with E-state index >= 15 is 0 Å². The molecule has 316 valence electrons. The molecule has 2 aliphatic carbocycles. The number of oxime groups is 1. The van der Waals surface area contributed by atoms with Crippen LogP contribution in [0.1, 0.15) is 81.3 Å². The first-order valence-corrected chi connectivity index (χ1v) is 21.2. The number of aliphatic hydroxyl groups excluding tert-OH is 2. The minimum absolute atomic E-state index is 0.00777. The molecule has 2 aliphatic heterocycles. The van der Waals surface area contributed by atoms with E-state index in [-0.39, 0.29) is 56.5 Å². The fourth-order valence-electron chi connectivity index (χ4n) is 8.98. The number of halogens is 1. The van der Waals surface area contributed by atoms with E-state index < -0.39 is 36.2 Å². The number of aliphatic hydroxyl groups is 2. The van der Waals surface area contributed by atoms with E-state index in [9.17, 15) is 19.8 Å². The fraction of sp³-hybridized carbons (Fsp3) is 0.568. The zero-order chi connectivity index (χ0) is 40.9. The summed E-state index contributed by atoms with van der Waals surface area (Å²) in [6, 6.07) is 14.2. The van der Waals surface area contributed by atoms with E-state index in [2.05, 4.69) is 18.0 Å². The topological polar surface area (TPSA) is 158 Å². The van der Waals surface area contributed by atoms with Crippen LogP contribution in [0.2, 0.25) is 0 Å². The first kappa shape index (κ1) is 43.4. The lowest BCUT2D eigenvalue weighted by molar-refractivity contribution is -0.254. The van der Waals surface area contributed by atoms with Crippen LogP contribution >= 0.6 is 11.6 Å². The van der Waals surface area contributed by atoms with Crippen molar-refractivity contribution in [3.63, 3.8) is 0 Å². The number of alkyl halides is 1. The third-order valence-corrected chi connectivity index (χ3v) is 11.8. The number of amides is 2. The van der Waals surface area contributed by atoms with Gasteiger partial charge in [-0.1, -0.05) is 60.5 Å². The Kier molecular flexibility index (Phi) is 15.9. The predicted octanol–water partition coefficient (Wildman–Crippen LogP) is 7.44. The van der Waals surface area contributed by atoms with Gasteiger partial charge >= 0.3 is 12.2 Å². The summed E-state index contributed by atoms with van der Waals surface area (Å²) in [6.45, 7) is 5.13. The Balaban J connectivity index is 1.49. The number of benzene rings is 2. The molecule has 14 heteroatoms. The molecule has 0 spiro atoms. The molecule has 58 heavy (non-hydrogen) atoms. The summed E-state index contributed by atoms with van der Waals surface area (Å²) in [4.78, 5) is 34.5. The zero-order valence-electron chi connectivity index (χ0n) is 33.4. The Morgan fingerprint density at radius 1 is 1.09 bits per heavy atom. The van der Waals surface area contributed by atoms with Gasteiger partial charge in [0.05, 0.1) is 30.7 Å². The van der Waals surface area contributed by atoms with Crippen molar-refractivity contribution in [1.82, 2.24) is 10.2 Å². The van der Waals surface area contributed by atoms with Crippen molar-refractivity contribution in [2.45, 2.75) is 94.8 Å². The Morgan fingerprint density at radius 3 is 2.60 bits per heavy atom. The van der Waals surface area contributed by atoms with E-state index in [0.717, 1.165) is 55.2 Å². The second-order valence-corrected chi connectivity index (χ2v) is 15.7. The van der Waals surface area contributed by atoms with Crippen LogP contribution in [0.25, 0.3) is 0 Å². The summed E-state index contributed by atoms with van der Waals surface area (Å²) in [5.74, 6) is -1.25. The number of likely N-dealkylation sites (N-methyl/N-ethyl adjacent to an activating group) is 1. The number of carbonyl (C=O) groups excluding carboxylic acids is 2. The SMILES string of the molecule is C=CCO[C@@]12Oc3ccc(OC(=O)NCc4ccccc4)cc3[C@H]3[C@H](CCCCO)[C@@H](CCCCO)C=C(C(=NOC4CCCCO4)C[C@@H]1N(C)C(=O)OCCCl)[C@H]32. The summed E-state index contributed by atoms with van der Waals surface area (Å²) in [6.07, 6.45) is 9.44. The van der Waals surface area contributed by atoms with Crippen molar-refractivity contribution in [1.29, 1.82) is 0 Å². The lowest BCUT2D eigenvalue weighted by Gasteiger charge is -2.59. The Morgan fingerprint density at radius 2 is 1.88 bits per heavy atom. The number of ether oxygens (including phenoxy) is 5. The van der Waals surface area contributed by atoms with Crippen LogP contribution in [0.5, 0.6) is 11.5 Å². The van der Waals surface area contributed by atoms with Gasteiger partial charge in [-0.15, -0.1) is 18.2 Å². The van der Waals surface area contributed by atoms with Crippen molar-refractivity contribution < 1.29 is 48.3 Å². The van der Waals surface area contributed by atoms with Crippen LogP contribution < -0.4 is 14.8 Å². The highest BCUT2D eigenvalue weighted by Gasteiger charge is 2.65. The minimum Gasteiger partial charge on any atom is -0.459 e. The molecule has 0 radical (unpaired) electrons. The number of rotatable bonds is 19. The molecule has 0 bridgehead atoms. The molecular weight excluding hydrogens is 766 g/mol. The van der Waals surface area contributed by atoms with Gasteiger partial charge in [0.1, 0.15) is 24.1 Å². The fourth-order valence-corrected chi connectivity index (χ4v) is 9.05. The van der Waals surface area contributed by atoms with Crippen LogP contribution in [-0.2, 0) is 25.6 Å². The maximum atomic E-state index is 13.7. The van der Waals surface area contributed by atoms with Gasteiger partial charge in [0.25, 0.3) is 0 Å². The molecule has 1 saturated heterocycles. The third-order valence-electron chi connectivity index (χ3n) is 11.6. The summed E-state index contributed by atoms with van der Waals surface area (Å²) in [5, 5.41) is 27.4. The highest BCUT2D eigenvalue weighted by molar-refractivity contribution is 6.18. The second kappa shape index (κ2) is 21.2. The van der Waals surface area contributed by atoms with Crippen LogP contribution in [0.15, 0.2) is 78.0 Å². The van der Waals surface area contributed by atoms with Crippen LogP contribution in [0.4, 0.5) is 9.59 Å². The molecule has 6 rings (SSSR count). The van der Waals surface area contributed by atoms with Gasteiger partial charge in [-0.05, 0) is 79.7 Å². The first-order chi connectivity index (χ1) is 28.3. The molecule has 13 nitrogen and oxygen atoms in total. The smallest absolute Gasteiger partial charge is 0.412 e. The van der Waals surface area contributed by atoms with Gasteiger partial charge < -0.3 is 49.0 Å². The number of hydrogen-bond donors (Lipinski definition) is 3. The van der Waals surface area contributed by atoms with Gasteiger partial charge in [-0.2, -0.15) is 0 Å². The molecule has 3 N–H and O–H groups in total. The molecule has 2 heterocycles. The van der Waals surface area contributed by atoms with Crippen molar-refractivity contribution in [2.24, 2.45) is 22.9 Å². The molecule has 4 aliphatic rings. The average molecular weight is 824 g/mol. The van der Waals surface area contributed by atoms with Gasteiger partial charge in [-0.3, -0.25) is 0 Å². The van der Waals surface area contributed by atoms with E-state index in [1.165, 1.54) is 4.90 Å². The zero-order valence-corrected chi connectivity index (χ0v) is 34.2. The molecule has 1 unspecified atom stereocenters. The summed E-state index contributed by atoms with van der Waals surface area (Å²) < 4.78 is 31.4. The maximum absolute atomic E-state index is 13.7. The van der Waals surface area contributed by atoms with Gasteiger partial charge in [0, 0.05) is 51.1 Å². The Labute approximate surface area is 346 Å². The summed E-state index contributed by atoms with van der Waals surface area (Å²) in [5.41, 5.74) is 3.29. The van der Waals surface area contributed by atoms with E-state index in [0.29, 0.717) is 49.6 Å². The number of fused-ring (bicyclic) bond motifs is 2. The maximum Gasteiger partial charge on any atom is 0.412 e. The van der Waals surface area contributed by atoms with Gasteiger partial charge in [0.15, 0.2) is 0 Å². The van der Waals surface area contributed by atoms with Crippen LogP contribution in [0.3, 0.4) is 0 Å².